The summed E-state index contributed by atoms with van der Waals surface area (Å²) in [5, 5.41) is 3.51. The van der Waals surface area contributed by atoms with Crippen LogP contribution >= 0.6 is 0 Å². The summed E-state index contributed by atoms with van der Waals surface area (Å²) >= 11 is 0. The maximum Gasteiger partial charge on any atom is 0.128 e. The van der Waals surface area contributed by atoms with E-state index in [1.807, 2.05) is 6.20 Å². The normalized spacial score (nSPS) is 19.8. The summed E-state index contributed by atoms with van der Waals surface area (Å²) in [4.78, 5) is 7.24. The van der Waals surface area contributed by atoms with E-state index in [1.165, 1.54) is 37.7 Å². The molecule has 118 valence electrons. The molecular weight excluding hydrogens is 258 g/mol. The van der Waals surface area contributed by atoms with Crippen LogP contribution < -0.4 is 10.2 Å². The van der Waals surface area contributed by atoms with E-state index < -0.39 is 0 Å². The lowest BCUT2D eigenvalue weighted by Gasteiger charge is -2.36. The molecule has 0 aliphatic carbocycles. The van der Waals surface area contributed by atoms with Crippen LogP contribution in [0.25, 0.3) is 0 Å². The highest BCUT2D eigenvalue weighted by atomic mass is 15.2. The molecule has 21 heavy (non-hydrogen) atoms. The molecule has 2 rings (SSSR count). The fraction of sp³-hybridized carbons (Fsp3) is 0.722. The zero-order valence-corrected chi connectivity index (χ0v) is 14.2. The van der Waals surface area contributed by atoms with Crippen molar-refractivity contribution in [3.8, 4) is 0 Å². The number of nitrogens with one attached hydrogen (secondary N) is 1. The van der Waals surface area contributed by atoms with Crippen molar-refractivity contribution in [2.75, 3.05) is 11.4 Å². The Labute approximate surface area is 130 Å². The second kappa shape index (κ2) is 7.26. The van der Waals surface area contributed by atoms with Crippen molar-refractivity contribution in [3.05, 3.63) is 23.9 Å². The standard InChI is InChI=1S/C18H31N3/c1-5-8-16-9-6-7-12-21(16)17-11-10-15(13-19-17)14-20-18(2,3)4/h10-11,13,16,20H,5-9,12,14H2,1-4H3. The minimum absolute atomic E-state index is 0.151. The van der Waals surface area contributed by atoms with Crippen LogP contribution in [-0.4, -0.2) is 23.1 Å². The van der Waals surface area contributed by atoms with Gasteiger partial charge in [-0.05, 0) is 58.1 Å². The molecule has 1 aliphatic rings. The molecule has 0 bridgehead atoms. The van der Waals surface area contributed by atoms with E-state index in [1.54, 1.807) is 0 Å². The number of rotatable bonds is 5. The summed E-state index contributed by atoms with van der Waals surface area (Å²) in [6.45, 7) is 10.9. The van der Waals surface area contributed by atoms with Crippen molar-refractivity contribution in [2.45, 2.75) is 77.9 Å². The van der Waals surface area contributed by atoms with Gasteiger partial charge in [-0.15, -0.1) is 0 Å². The zero-order chi connectivity index (χ0) is 15.3. The van der Waals surface area contributed by atoms with Gasteiger partial charge >= 0.3 is 0 Å². The number of nitrogens with zero attached hydrogens (tertiary/aromatic N) is 2. The van der Waals surface area contributed by atoms with Crippen LogP contribution in [-0.2, 0) is 6.54 Å². The highest BCUT2D eigenvalue weighted by Crippen LogP contribution is 2.25. The third kappa shape index (κ3) is 4.99. The van der Waals surface area contributed by atoms with E-state index in [-0.39, 0.29) is 5.54 Å². The summed E-state index contributed by atoms with van der Waals surface area (Å²) in [6.07, 6.45) is 8.57. The molecule has 1 aliphatic heterocycles. The maximum atomic E-state index is 4.72. The lowest BCUT2D eigenvalue weighted by molar-refractivity contribution is 0.423. The molecule has 1 atom stereocenters. The Kier molecular flexibility index (Phi) is 5.63. The Hall–Kier alpha value is -1.09. The average Bonchev–Trinajstić information content (AvgIpc) is 2.46. The van der Waals surface area contributed by atoms with Gasteiger partial charge in [0.2, 0.25) is 0 Å². The summed E-state index contributed by atoms with van der Waals surface area (Å²) in [5.74, 6) is 1.16. The van der Waals surface area contributed by atoms with Crippen LogP contribution in [0.5, 0.6) is 0 Å². The van der Waals surface area contributed by atoms with E-state index in [0.717, 1.165) is 18.9 Å². The Bertz CT molecular complexity index is 417. The minimum Gasteiger partial charge on any atom is -0.354 e. The van der Waals surface area contributed by atoms with E-state index in [0.29, 0.717) is 6.04 Å². The topological polar surface area (TPSA) is 28.2 Å². The first-order valence-corrected chi connectivity index (χ1v) is 8.46. The van der Waals surface area contributed by atoms with E-state index >= 15 is 0 Å². The third-order valence-corrected chi connectivity index (χ3v) is 4.18. The third-order valence-electron chi connectivity index (χ3n) is 4.18. The quantitative estimate of drug-likeness (QED) is 0.883. The number of pyridine rings is 1. The molecule has 0 spiro atoms. The molecule has 1 aromatic rings. The van der Waals surface area contributed by atoms with Gasteiger partial charge in [-0.1, -0.05) is 19.4 Å². The SMILES string of the molecule is CCCC1CCCCN1c1ccc(CNC(C)(C)C)cn1. The Morgan fingerprint density at radius 1 is 1.29 bits per heavy atom. The van der Waals surface area contributed by atoms with Gasteiger partial charge in [0, 0.05) is 30.9 Å². The summed E-state index contributed by atoms with van der Waals surface area (Å²) in [7, 11) is 0. The predicted molar refractivity (Wildman–Crippen MR) is 90.7 cm³/mol. The molecule has 3 heteroatoms. The average molecular weight is 289 g/mol. The molecule has 0 radical (unpaired) electrons. The first-order chi connectivity index (χ1) is 9.99. The van der Waals surface area contributed by atoms with Gasteiger partial charge in [0.1, 0.15) is 5.82 Å². The van der Waals surface area contributed by atoms with Crippen LogP contribution in [0, 0.1) is 0 Å². The Morgan fingerprint density at radius 3 is 2.71 bits per heavy atom. The monoisotopic (exact) mass is 289 g/mol. The van der Waals surface area contributed by atoms with E-state index in [4.69, 9.17) is 4.98 Å². The molecule has 1 fully saturated rings. The first-order valence-electron chi connectivity index (χ1n) is 8.46. The molecule has 2 heterocycles. The van der Waals surface area contributed by atoms with Crippen LogP contribution in [0.15, 0.2) is 18.3 Å². The molecule has 1 saturated heterocycles. The van der Waals surface area contributed by atoms with Gasteiger partial charge in [-0.3, -0.25) is 0 Å². The summed E-state index contributed by atoms with van der Waals surface area (Å²) in [5.41, 5.74) is 1.41. The van der Waals surface area contributed by atoms with Crippen LogP contribution in [0.3, 0.4) is 0 Å². The zero-order valence-electron chi connectivity index (χ0n) is 14.2. The summed E-state index contributed by atoms with van der Waals surface area (Å²) < 4.78 is 0. The van der Waals surface area contributed by atoms with Gasteiger partial charge in [0.05, 0.1) is 0 Å². The number of piperidine rings is 1. The number of aromatic nitrogens is 1. The van der Waals surface area contributed by atoms with Crippen LogP contribution in [0.1, 0.15) is 65.4 Å². The van der Waals surface area contributed by atoms with Crippen molar-refractivity contribution in [1.29, 1.82) is 0 Å². The lowest BCUT2D eigenvalue weighted by atomic mass is 9.98. The molecule has 0 amide bonds. The largest absolute Gasteiger partial charge is 0.354 e. The maximum absolute atomic E-state index is 4.72. The second-order valence-electron chi connectivity index (χ2n) is 7.26. The van der Waals surface area contributed by atoms with Gasteiger partial charge in [-0.2, -0.15) is 0 Å². The second-order valence-corrected chi connectivity index (χ2v) is 7.26. The van der Waals surface area contributed by atoms with Crippen molar-refractivity contribution in [1.82, 2.24) is 10.3 Å². The predicted octanol–water partition coefficient (Wildman–Crippen LogP) is 4.13. The molecule has 1 N–H and O–H groups in total. The van der Waals surface area contributed by atoms with Crippen LogP contribution in [0.4, 0.5) is 5.82 Å². The van der Waals surface area contributed by atoms with Gasteiger partial charge in [0.15, 0.2) is 0 Å². The van der Waals surface area contributed by atoms with E-state index in [9.17, 15) is 0 Å². The minimum atomic E-state index is 0.151. The lowest BCUT2D eigenvalue weighted by Crippen LogP contribution is -2.40. The molecule has 3 nitrogen and oxygen atoms in total. The van der Waals surface area contributed by atoms with Crippen molar-refractivity contribution in [2.24, 2.45) is 0 Å². The molecule has 0 aromatic carbocycles. The fourth-order valence-corrected chi connectivity index (χ4v) is 2.99. The fourth-order valence-electron chi connectivity index (χ4n) is 2.99. The highest BCUT2D eigenvalue weighted by Gasteiger charge is 2.22. The van der Waals surface area contributed by atoms with Crippen molar-refractivity contribution >= 4 is 5.82 Å². The molecule has 1 unspecified atom stereocenters. The number of anilines is 1. The van der Waals surface area contributed by atoms with Crippen molar-refractivity contribution < 1.29 is 0 Å². The molecule has 1 aromatic heterocycles. The van der Waals surface area contributed by atoms with Gasteiger partial charge < -0.3 is 10.2 Å². The van der Waals surface area contributed by atoms with E-state index in [2.05, 4.69) is 50.0 Å². The number of hydrogen-bond donors (Lipinski definition) is 1. The molecule has 0 saturated carbocycles. The summed E-state index contributed by atoms with van der Waals surface area (Å²) in [6, 6.07) is 5.11. The first kappa shape index (κ1) is 16.3. The number of hydrogen-bond acceptors (Lipinski definition) is 3. The smallest absolute Gasteiger partial charge is 0.128 e. The van der Waals surface area contributed by atoms with Crippen molar-refractivity contribution in [3.63, 3.8) is 0 Å². The Balaban J connectivity index is 2.00. The highest BCUT2D eigenvalue weighted by molar-refractivity contribution is 5.41. The van der Waals surface area contributed by atoms with Gasteiger partial charge in [-0.25, -0.2) is 4.98 Å². The van der Waals surface area contributed by atoms with Gasteiger partial charge in [0.25, 0.3) is 0 Å². The Morgan fingerprint density at radius 2 is 2.10 bits per heavy atom. The molecular formula is C18H31N3. The van der Waals surface area contributed by atoms with Crippen LogP contribution in [0.2, 0.25) is 0 Å².